The number of aryl methyl sites for hydroxylation is 2. The molecule has 0 bridgehead atoms. The molecule has 0 aliphatic heterocycles. The monoisotopic (exact) mass is 245 g/mol. The van der Waals surface area contributed by atoms with Crippen molar-refractivity contribution in [2.24, 2.45) is 11.1 Å². The predicted molar refractivity (Wildman–Crippen MR) is 78.9 cm³/mol. The standard InChI is InChI=1S/C17H27N/c1-13(2)16-10-14(3)9-15(11-16)5-8-17(12-18)6-4-7-17/h9-11,13H,4-8,12,18H2,1-3H3. The van der Waals surface area contributed by atoms with Crippen molar-refractivity contribution in [1.29, 1.82) is 0 Å². The molecule has 0 amide bonds. The molecule has 0 radical (unpaired) electrons. The van der Waals surface area contributed by atoms with Gasteiger partial charge in [0.15, 0.2) is 0 Å². The van der Waals surface area contributed by atoms with Crippen molar-refractivity contribution in [3.63, 3.8) is 0 Å². The zero-order valence-electron chi connectivity index (χ0n) is 12.1. The molecule has 0 saturated heterocycles. The van der Waals surface area contributed by atoms with Crippen LogP contribution in [0.2, 0.25) is 0 Å². The Morgan fingerprint density at radius 1 is 1.22 bits per heavy atom. The first-order valence-corrected chi connectivity index (χ1v) is 7.35. The number of hydrogen-bond donors (Lipinski definition) is 1. The Morgan fingerprint density at radius 3 is 2.44 bits per heavy atom. The molecule has 0 heterocycles. The number of rotatable bonds is 5. The third kappa shape index (κ3) is 2.95. The van der Waals surface area contributed by atoms with Crippen molar-refractivity contribution in [3.8, 4) is 0 Å². The van der Waals surface area contributed by atoms with Crippen LogP contribution in [-0.2, 0) is 6.42 Å². The molecule has 18 heavy (non-hydrogen) atoms. The van der Waals surface area contributed by atoms with Crippen molar-refractivity contribution in [1.82, 2.24) is 0 Å². The van der Waals surface area contributed by atoms with Gasteiger partial charge in [0.05, 0.1) is 0 Å². The Bertz CT molecular complexity index is 397. The Labute approximate surface area is 112 Å². The maximum Gasteiger partial charge on any atom is -0.00204 e. The molecule has 1 aliphatic carbocycles. The normalized spacial score (nSPS) is 17.8. The zero-order valence-corrected chi connectivity index (χ0v) is 12.1. The number of benzene rings is 1. The van der Waals surface area contributed by atoms with E-state index in [-0.39, 0.29) is 0 Å². The molecule has 0 aromatic heterocycles. The highest BCUT2D eigenvalue weighted by Gasteiger charge is 2.34. The minimum Gasteiger partial charge on any atom is -0.330 e. The zero-order chi connectivity index (χ0) is 13.2. The van der Waals surface area contributed by atoms with E-state index in [4.69, 9.17) is 5.73 Å². The van der Waals surface area contributed by atoms with Crippen LogP contribution in [0.1, 0.15) is 62.1 Å². The molecule has 2 rings (SSSR count). The van der Waals surface area contributed by atoms with Gasteiger partial charge in [-0.1, -0.05) is 44.0 Å². The fourth-order valence-electron chi connectivity index (χ4n) is 3.01. The summed E-state index contributed by atoms with van der Waals surface area (Å²) in [5.74, 6) is 0.621. The van der Waals surface area contributed by atoms with Crippen molar-refractivity contribution < 1.29 is 0 Å². The van der Waals surface area contributed by atoms with Gasteiger partial charge in [-0.25, -0.2) is 0 Å². The van der Waals surface area contributed by atoms with Crippen LogP contribution in [0.3, 0.4) is 0 Å². The Morgan fingerprint density at radius 2 is 1.94 bits per heavy atom. The van der Waals surface area contributed by atoms with Crippen molar-refractivity contribution in [2.45, 2.75) is 58.8 Å². The second kappa shape index (κ2) is 5.44. The molecule has 1 aromatic rings. The van der Waals surface area contributed by atoms with Gasteiger partial charge in [0.1, 0.15) is 0 Å². The van der Waals surface area contributed by atoms with E-state index in [1.165, 1.54) is 48.8 Å². The first-order chi connectivity index (χ1) is 8.54. The number of nitrogens with two attached hydrogens (primary N) is 1. The molecule has 2 N–H and O–H groups in total. The molecule has 1 aliphatic rings. The van der Waals surface area contributed by atoms with Crippen LogP contribution in [0.4, 0.5) is 0 Å². The van der Waals surface area contributed by atoms with Gasteiger partial charge in [0.2, 0.25) is 0 Å². The van der Waals surface area contributed by atoms with Crippen LogP contribution in [0, 0.1) is 12.3 Å². The van der Waals surface area contributed by atoms with Crippen LogP contribution in [-0.4, -0.2) is 6.54 Å². The third-order valence-corrected chi connectivity index (χ3v) is 4.62. The molecule has 1 fully saturated rings. The minimum absolute atomic E-state index is 0.474. The first kappa shape index (κ1) is 13.6. The van der Waals surface area contributed by atoms with Crippen molar-refractivity contribution >= 4 is 0 Å². The third-order valence-electron chi connectivity index (χ3n) is 4.62. The summed E-state index contributed by atoms with van der Waals surface area (Å²) in [5, 5.41) is 0. The summed E-state index contributed by atoms with van der Waals surface area (Å²) in [6, 6.07) is 7.05. The van der Waals surface area contributed by atoms with Crippen LogP contribution in [0.5, 0.6) is 0 Å². The summed E-state index contributed by atoms with van der Waals surface area (Å²) in [5.41, 5.74) is 10.8. The van der Waals surface area contributed by atoms with E-state index in [1.54, 1.807) is 0 Å². The summed E-state index contributed by atoms with van der Waals surface area (Å²) < 4.78 is 0. The lowest BCUT2D eigenvalue weighted by atomic mass is 9.66. The van der Waals surface area contributed by atoms with Gasteiger partial charge >= 0.3 is 0 Å². The maximum atomic E-state index is 5.94. The molecule has 1 nitrogen and oxygen atoms in total. The molecular weight excluding hydrogens is 218 g/mol. The van der Waals surface area contributed by atoms with Crippen LogP contribution in [0.25, 0.3) is 0 Å². The quantitative estimate of drug-likeness (QED) is 0.827. The molecule has 100 valence electrons. The van der Waals surface area contributed by atoms with Gasteiger partial charge in [0, 0.05) is 0 Å². The van der Waals surface area contributed by atoms with E-state index in [0.717, 1.165) is 6.54 Å². The molecule has 0 unspecified atom stereocenters. The average Bonchev–Trinajstić information content (AvgIpc) is 2.27. The Balaban J connectivity index is 2.05. The molecule has 1 heteroatoms. The fourth-order valence-corrected chi connectivity index (χ4v) is 3.01. The largest absolute Gasteiger partial charge is 0.330 e. The Hall–Kier alpha value is -0.820. The van der Waals surface area contributed by atoms with E-state index in [0.29, 0.717) is 11.3 Å². The van der Waals surface area contributed by atoms with Gasteiger partial charge in [-0.3, -0.25) is 0 Å². The van der Waals surface area contributed by atoms with Crippen LogP contribution < -0.4 is 5.73 Å². The first-order valence-electron chi connectivity index (χ1n) is 7.35. The smallest absolute Gasteiger partial charge is 0.00204 e. The predicted octanol–water partition coefficient (Wildman–Crippen LogP) is 4.18. The summed E-state index contributed by atoms with van der Waals surface area (Å²) in [6.07, 6.45) is 6.52. The van der Waals surface area contributed by atoms with E-state index in [9.17, 15) is 0 Å². The molecule has 0 atom stereocenters. The molecule has 0 spiro atoms. The summed E-state index contributed by atoms with van der Waals surface area (Å²) in [4.78, 5) is 0. The lowest BCUT2D eigenvalue weighted by molar-refractivity contribution is 0.131. The van der Waals surface area contributed by atoms with E-state index < -0.39 is 0 Å². The van der Waals surface area contributed by atoms with E-state index >= 15 is 0 Å². The second-order valence-electron chi connectivity index (χ2n) is 6.46. The van der Waals surface area contributed by atoms with Crippen molar-refractivity contribution in [2.75, 3.05) is 6.54 Å². The fraction of sp³-hybridized carbons (Fsp3) is 0.647. The van der Waals surface area contributed by atoms with E-state index in [2.05, 4.69) is 39.0 Å². The average molecular weight is 245 g/mol. The minimum atomic E-state index is 0.474. The topological polar surface area (TPSA) is 26.0 Å². The number of hydrogen-bond acceptors (Lipinski definition) is 1. The molecule has 1 saturated carbocycles. The lowest BCUT2D eigenvalue weighted by Gasteiger charge is -2.41. The van der Waals surface area contributed by atoms with Crippen LogP contribution in [0.15, 0.2) is 18.2 Å². The molecule has 1 aromatic carbocycles. The summed E-state index contributed by atoms with van der Waals surface area (Å²) in [7, 11) is 0. The lowest BCUT2D eigenvalue weighted by Crippen LogP contribution is -2.37. The highest BCUT2D eigenvalue weighted by atomic mass is 14.6. The SMILES string of the molecule is Cc1cc(CCC2(CN)CCC2)cc(C(C)C)c1. The highest BCUT2D eigenvalue weighted by Crippen LogP contribution is 2.43. The van der Waals surface area contributed by atoms with Gasteiger partial charge in [-0.05, 0) is 61.6 Å². The van der Waals surface area contributed by atoms with Gasteiger partial charge < -0.3 is 5.73 Å². The highest BCUT2D eigenvalue weighted by molar-refractivity contribution is 5.31. The van der Waals surface area contributed by atoms with Crippen LogP contribution >= 0.6 is 0 Å². The Kier molecular flexibility index (Phi) is 4.11. The van der Waals surface area contributed by atoms with E-state index in [1.807, 2.05) is 0 Å². The van der Waals surface area contributed by atoms with Gasteiger partial charge in [-0.15, -0.1) is 0 Å². The van der Waals surface area contributed by atoms with Gasteiger partial charge in [-0.2, -0.15) is 0 Å². The van der Waals surface area contributed by atoms with Gasteiger partial charge in [0.25, 0.3) is 0 Å². The van der Waals surface area contributed by atoms with Crippen molar-refractivity contribution in [3.05, 3.63) is 34.9 Å². The second-order valence-corrected chi connectivity index (χ2v) is 6.46. The summed E-state index contributed by atoms with van der Waals surface area (Å²) >= 11 is 0. The summed E-state index contributed by atoms with van der Waals surface area (Å²) in [6.45, 7) is 7.62. The molecular formula is C17H27N. The maximum absolute atomic E-state index is 5.94.